The fourth-order valence-corrected chi connectivity index (χ4v) is 5.29. The molecule has 1 saturated carbocycles. The van der Waals surface area contributed by atoms with Gasteiger partial charge in [0.1, 0.15) is 0 Å². The Bertz CT molecular complexity index is 866. The van der Waals surface area contributed by atoms with Crippen LogP contribution in [-0.4, -0.2) is 62.4 Å². The summed E-state index contributed by atoms with van der Waals surface area (Å²) in [6.07, 6.45) is 5.22. The number of amides is 2. The van der Waals surface area contributed by atoms with Crippen molar-refractivity contribution < 1.29 is 9.59 Å². The van der Waals surface area contributed by atoms with Gasteiger partial charge in [0.05, 0.1) is 11.8 Å². The van der Waals surface area contributed by atoms with E-state index in [4.69, 9.17) is 0 Å². The second-order valence-corrected chi connectivity index (χ2v) is 8.67. The number of carbonyl (C=O) groups excluding carboxylic acids is 2. The van der Waals surface area contributed by atoms with Crippen LogP contribution >= 0.6 is 0 Å². The standard InChI is InChI=1S/C24H33N5O2/c1-4-28(19-7-5-6-16(2)14-19)12-10-26-24(25-3)27-11-13-29-22(30)20-17-8-9-18(15-17)21(20)23(29)31/h5-9,14,17-18,20-21H,4,10-13,15H2,1-3H3,(H2,25,26,27). The van der Waals surface area contributed by atoms with Gasteiger partial charge in [0.15, 0.2) is 5.96 Å². The summed E-state index contributed by atoms with van der Waals surface area (Å²) in [5, 5.41) is 6.57. The molecule has 4 rings (SSSR count). The molecule has 31 heavy (non-hydrogen) atoms. The Balaban J connectivity index is 1.22. The Hall–Kier alpha value is -2.83. The van der Waals surface area contributed by atoms with Crippen LogP contribution in [0.4, 0.5) is 5.69 Å². The minimum atomic E-state index is -0.124. The molecule has 0 spiro atoms. The number of nitrogens with zero attached hydrogens (tertiary/aromatic N) is 3. The van der Waals surface area contributed by atoms with Crippen LogP contribution in [0, 0.1) is 30.6 Å². The van der Waals surface area contributed by atoms with Gasteiger partial charge in [-0.1, -0.05) is 24.3 Å². The fraction of sp³-hybridized carbons (Fsp3) is 0.542. The molecule has 2 N–H and O–H groups in total. The normalized spacial score (nSPS) is 26.5. The van der Waals surface area contributed by atoms with Crippen LogP contribution in [0.1, 0.15) is 18.9 Å². The lowest BCUT2D eigenvalue weighted by atomic mass is 9.85. The molecule has 1 heterocycles. The third-order valence-corrected chi connectivity index (χ3v) is 6.84. The summed E-state index contributed by atoms with van der Waals surface area (Å²) < 4.78 is 0. The quantitative estimate of drug-likeness (QED) is 0.289. The number of likely N-dealkylation sites (tertiary alicyclic amines) is 1. The van der Waals surface area contributed by atoms with Crippen LogP contribution in [-0.2, 0) is 9.59 Å². The number of benzene rings is 1. The van der Waals surface area contributed by atoms with Gasteiger partial charge < -0.3 is 15.5 Å². The lowest BCUT2D eigenvalue weighted by molar-refractivity contribution is -0.140. The summed E-state index contributed by atoms with van der Waals surface area (Å²) in [7, 11) is 1.73. The van der Waals surface area contributed by atoms with Crippen molar-refractivity contribution >= 4 is 23.5 Å². The molecule has 2 aliphatic carbocycles. The predicted molar refractivity (Wildman–Crippen MR) is 123 cm³/mol. The van der Waals surface area contributed by atoms with Crippen LogP contribution in [0.2, 0.25) is 0 Å². The first-order valence-electron chi connectivity index (χ1n) is 11.3. The van der Waals surface area contributed by atoms with Gasteiger partial charge in [-0.25, -0.2) is 0 Å². The zero-order valence-electron chi connectivity index (χ0n) is 18.7. The summed E-state index contributed by atoms with van der Waals surface area (Å²) in [4.78, 5) is 33.6. The molecule has 2 amide bonds. The molecule has 1 aliphatic heterocycles. The fourth-order valence-electron chi connectivity index (χ4n) is 5.29. The molecule has 1 aromatic rings. The third kappa shape index (κ3) is 4.18. The summed E-state index contributed by atoms with van der Waals surface area (Å²) in [6, 6.07) is 8.51. The second-order valence-electron chi connectivity index (χ2n) is 8.67. The van der Waals surface area contributed by atoms with E-state index in [1.807, 2.05) is 0 Å². The van der Waals surface area contributed by atoms with Crippen LogP contribution in [0.5, 0.6) is 0 Å². The molecule has 4 atom stereocenters. The number of nitrogens with one attached hydrogen (secondary N) is 2. The average Bonchev–Trinajstić information content (AvgIpc) is 3.45. The molecule has 0 aromatic heterocycles. The molecule has 3 aliphatic rings. The van der Waals surface area contributed by atoms with Crippen molar-refractivity contribution in [3.8, 4) is 0 Å². The maximum Gasteiger partial charge on any atom is 0.233 e. The monoisotopic (exact) mass is 423 g/mol. The number of fused-ring (bicyclic) bond motifs is 5. The third-order valence-electron chi connectivity index (χ3n) is 6.84. The van der Waals surface area contributed by atoms with E-state index >= 15 is 0 Å². The molecule has 2 bridgehead atoms. The number of rotatable bonds is 8. The van der Waals surface area contributed by atoms with Crippen LogP contribution < -0.4 is 15.5 Å². The highest BCUT2D eigenvalue weighted by Crippen LogP contribution is 2.52. The molecule has 2 fully saturated rings. The topological polar surface area (TPSA) is 77.0 Å². The van der Waals surface area contributed by atoms with E-state index in [1.165, 1.54) is 16.2 Å². The van der Waals surface area contributed by atoms with Gasteiger partial charge in [0, 0.05) is 45.5 Å². The zero-order valence-corrected chi connectivity index (χ0v) is 18.7. The molecule has 0 radical (unpaired) electrons. The highest BCUT2D eigenvalue weighted by Gasteiger charge is 2.58. The molecular weight excluding hydrogens is 390 g/mol. The van der Waals surface area contributed by atoms with Crippen molar-refractivity contribution in [3.05, 3.63) is 42.0 Å². The molecular formula is C24H33N5O2. The Labute approximate surface area is 184 Å². The van der Waals surface area contributed by atoms with Gasteiger partial charge in [-0.15, -0.1) is 0 Å². The number of guanidine groups is 1. The first-order valence-corrected chi connectivity index (χ1v) is 11.3. The maximum absolute atomic E-state index is 12.8. The van der Waals surface area contributed by atoms with Gasteiger partial charge in [0.25, 0.3) is 0 Å². The Kier molecular flexibility index (Phi) is 6.30. The minimum Gasteiger partial charge on any atom is -0.370 e. The van der Waals surface area contributed by atoms with Crippen LogP contribution in [0.25, 0.3) is 0 Å². The number of carbonyl (C=O) groups is 2. The Morgan fingerprint density at radius 1 is 1.13 bits per heavy atom. The van der Waals surface area contributed by atoms with Gasteiger partial charge >= 0.3 is 0 Å². The number of imide groups is 1. The predicted octanol–water partition coefficient (Wildman–Crippen LogP) is 1.79. The second kappa shape index (κ2) is 9.12. The molecule has 1 aromatic carbocycles. The van der Waals surface area contributed by atoms with Crippen molar-refractivity contribution in [3.63, 3.8) is 0 Å². The van der Waals surface area contributed by atoms with Crippen LogP contribution in [0.3, 0.4) is 0 Å². The van der Waals surface area contributed by atoms with E-state index in [-0.39, 0.29) is 35.5 Å². The van der Waals surface area contributed by atoms with Gasteiger partial charge in [-0.3, -0.25) is 19.5 Å². The number of aryl methyl sites for hydroxylation is 1. The molecule has 4 unspecified atom stereocenters. The summed E-state index contributed by atoms with van der Waals surface area (Å²) in [5.41, 5.74) is 2.47. The number of hydrogen-bond donors (Lipinski definition) is 2. The van der Waals surface area contributed by atoms with Gasteiger partial charge in [-0.2, -0.15) is 0 Å². The first kappa shape index (κ1) is 21.4. The van der Waals surface area contributed by atoms with E-state index in [0.717, 1.165) is 26.1 Å². The van der Waals surface area contributed by atoms with Gasteiger partial charge in [0.2, 0.25) is 11.8 Å². The molecule has 166 valence electrons. The smallest absolute Gasteiger partial charge is 0.233 e. The van der Waals surface area contributed by atoms with E-state index < -0.39 is 0 Å². The highest BCUT2D eigenvalue weighted by molar-refractivity contribution is 6.06. The molecule has 7 nitrogen and oxygen atoms in total. The van der Waals surface area contributed by atoms with Crippen molar-refractivity contribution in [2.45, 2.75) is 20.3 Å². The van der Waals surface area contributed by atoms with Crippen molar-refractivity contribution in [1.29, 1.82) is 0 Å². The van der Waals surface area contributed by atoms with E-state index in [9.17, 15) is 9.59 Å². The highest BCUT2D eigenvalue weighted by atomic mass is 16.2. The van der Waals surface area contributed by atoms with E-state index in [0.29, 0.717) is 19.0 Å². The Morgan fingerprint density at radius 2 is 1.81 bits per heavy atom. The average molecular weight is 424 g/mol. The van der Waals surface area contributed by atoms with Crippen LogP contribution in [0.15, 0.2) is 41.4 Å². The Morgan fingerprint density at radius 3 is 2.42 bits per heavy atom. The minimum absolute atomic E-state index is 0.00772. The van der Waals surface area contributed by atoms with Crippen molar-refractivity contribution in [1.82, 2.24) is 15.5 Å². The number of hydrogen-bond acceptors (Lipinski definition) is 4. The molecule has 7 heteroatoms. The van der Waals surface area contributed by atoms with Gasteiger partial charge in [-0.05, 0) is 49.8 Å². The number of anilines is 1. The van der Waals surface area contributed by atoms with E-state index in [1.54, 1.807) is 7.05 Å². The van der Waals surface area contributed by atoms with Crippen molar-refractivity contribution in [2.24, 2.45) is 28.7 Å². The lowest BCUT2D eigenvalue weighted by Crippen LogP contribution is -2.45. The number of likely N-dealkylation sites (N-methyl/N-ethyl adjacent to an activating group) is 1. The van der Waals surface area contributed by atoms with Crippen molar-refractivity contribution in [2.75, 3.05) is 44.7 Å². The van der Waals surface area contributed by atoms with E-state index in [2.05, 4.69) is 70.8 Å². The number of allylic oxidation sites excluding steroid dienone is 2. The largest absolute Gasteiger partial charge is 0.370 e. The SMILES string of the molecule is CCN(CCNC(=NC)NCCN1C(=O)C2C3C=CC(C3)C2C1=O)c1cccc(C)c1. The summed E-state index contributed by atoms with van der Waals surface area (Å²) in [5.74, 6) is 0.966. The maximum atomic E-state index is 12.8. The first-order chi connectivity index (χ1) is 15.0. The molecule has 1 saturated heterocycles. The summed E-state index contributed by atoms with van der Waals surface area (Å²) in [6.45, 7) is 7.65. The lowest BCUT2D eigenvalue weighted by Gasteiger charge is -2.24. The summed E-state index contributed by atoms with van der Waals surface area (Å²) >= 11 is 0. The number of aliphatic imine (C=N–C) groups is 1. The zero-order chi connectivity index (χ0) is 22.0.